The zero-order valence-electron chi connectivity index (χ0n) is 6.82. The van der Waals surface area contributed by atoms with Gasteiger partial charge in [-0.2, -0.15) is 0 Å². The van der Waals surface area contributed by atoms with E-state index in [1.165, 1.54) is 0 Å². The Hall–Kier alpha value is -0.380. The van der Waals surface area contributed by atoms with Crippen LogP contribution in [0.2, 0.25) is 0 Å². The van der Waals surface area contributed by atoms with Crippen LogP contribution in [0, 0.1) is 0 Å². The van der Waals surface area contributed by atoms with E-state index in [1.807, 2.05) is 0 Å². The van der Waals surface area contributed by atoms with Gasteiger partial charge in [-0.25, -0.2) is 0 Å². The molecule has 0 spiro atoms. The zero-order valence-corrected chi connectivity index (χ0v) is 6.82. The van der Waals surface area contributed by atoms with Gasteiger partial charge in [0.25, 0.3) is 0 Å². The lowest BCUT2D eigenvalue weighted by atomic mass is 9.95. The van der Waals surface area contributed by atoms with Gasteiger partial charge in [-0.05, 0) is 13.3 Å². The molecule has 0 fully saturated rings. The molecule has 0 aromatic heterocycles. The highest BCUT2D eigenvalue weighted by atomic mass is 16.3. The Morgan fingerprint density at radius 2 is 2.18 bits per heavy atom. The molecule has 0 amide bonds. The van der Waals surface area contributed by atoms with E-state index in [-0.39, 0.29) is 13.0 Å². The molecule has 0 aliphatic heterocycles. The molecule has 3 nitrogen and oxygen atoms in total. The summed E-state index contributed by atoms with van der Waals surface area (Å²) in [5, 5.41) is 26.9. The van der Waals surface area contributed by atoms with Gasteiger partial charge in [0.1, 0.15) is 0 Å². The van der Waals surface area contributed by atoms with E-state index >= 15 is 0 Å². The molecule has 0 aliphatic carbocycles. The molecule has 0 saturated carbocycles. The van der Waals surface area contributed by atoms with Crippen LogP contribution in [0.1, 0.15) is 19.8 Å². The minimum absolute atomic E-state index is 0.176. The molecule has 0 rings (SSSR count). The number of rotatable bonds is 5. The second-order valence-electron chi connectivity index (χ2n) is 3.03. The maximum absolute atomic E-state index is 9.47. The van der Waals surface area contributed by atoms with Crippen molar-refractivity contribution in [2.75, 3.05) is 6.61 Å². The molecule has 66 valence electrons. The fourth-order valence-corrected chi connectivity index (χ4v) is 0.966. The van der Waals surface area contributed by atoms with Crippen molar-refractivity contribution >= 4 is 0 Å². The smallest absolute Gasteiger partial charge is 0.0798 e. The molecule has 2 atom stereocenters. The lowest BCUT2D eigenvalue weighted by molar-refractivity contribution is -0.0123. The van der Waals surface area contributed by atoms with E-state index in [1.54, 1.807) is 13.0 Å². The Morgan fingerprint density at radius 1 is 1.64 bits per heavy atom. The van der Waals surface area contributed by atoms with Gasteiger partial charge in [0.05, 0.1) is 18.3 Å². The van der Waals surface area contributed by atoms with Gasteiger partial charge >= 0.3 is 0 Å². The molecular weight excluding hydrogens is 144 g/mol. The van der Waals surface area contributed by atoms with Gasteiger partial charge < -0.3 is 15.3 Å². The Morgan fingerprint density at radius 3 is 2.55 bits per heavy atom. The monoisotopic (exact) mass is 160 g/mol. The average molecular weight is 160 g/mol. The van der Waals surface area contributed by atoms with Crippen LogP contribution in [0.3, 0.4) is 0 Å². The third-order valence-corrected chi connectivity index (χ3v) is 1.47. The van der Waals surface area contributed by atoms with Crippen molar-refractivity contribution in [1.29, 1.82) is 0 Å². The summed E-state index contributed by atoms with van der Waals surface area (Å²) in [5.74, 6) is 0. The van der Waals surface area contributed by atoms with Crippen LogP contribution in [0.5, 0.6) is 0 Å². The molecule has 2 unspecified atom stereocenters. The molecule has 0 saturated heterocycles. The third kappa shape index (κ3) is 4.95. The fraction of sp³-hybridized carbons (Fsp3) is 0.750. The lowest BCUT2D eigenvalue weighted by Crippen LogP contribution is -2.30. The van der Waals surface area contributed by atoms with Crippen molar-refractivity contribution in [2.45, 2.75) is 31.5 Å². The first kappa shape index (κ1) is 10.6. The standard InChI is InChI=1S/C8H16O3/c1-3-4-8(2,11)5-7(10)6-9/h3,7,9-11H,1,4-6H2,2H3. The topological polar surface area (TPSA) is 60.7 Å². The van der Waals surface area contributed by atoms with Crippen molar-refractivity contribution in [3.63, 3.8) is 0 Å². The van der Waals surface area contributed by atoms with E-state index < -0.39 is 11.7 Å². The van der Waals surface area contributed by atoms with E-state index in [9.17, 15) is 5.11 Å². The van der Waals surface area contributed by atoms with Crippen molar-refractivity contribution in [2.24, 2.45) is 0 Å². The highest BCUT2D eigenvalue weighted by Gasteiger charge is 2.22. The van der Waals surface area contributed by atoms with Crippen LogP contribution in [-0.4, -0.2) is 33.6 Å². The molecule has 3 heteroatoms. The van der Waals surface area contributed by atoms with Crippen LogP contribution in [-0.2, 0) is 0 Å². The SMILES string of the molecule is C=CCC(C)(O)CC(O)CO. The highest BCUT2D eigenvalue weighted by molar-refractivity contribution is 4.84. The summed E-state index contributed by atoms with van der Waals surface area (Å²) in [6.45, 7) is 4.77. The van der Waals surface area contributed by atoms with E-state index in [0.717, 1.165) is 0 Å². The van der Waals surface area contributed by atoms with Crippen LogP contribution in [0.25, 0.3) is 0 Å². The predicted octanol–water partition coefficient (Wildman–Crippen LogP) is 0.0568. The first-order valence-corrected chi connectivity index (χ1v) is 3.64. The molecule has 0 radical (unpaired) electrons. The number of hydrogen-bond acceptors (Lipinski definition) is 3. The summed E-state index contributed by atoms with van der Waals surface area (Å²) in [6, 6.07) is 0. The first-order chi connectivity index (χ1) is 5.02. The Labute approximate surface area is 67.0 Å². The minimum Gasteiger partial charge on any atom is -0.394 e. The Bertz CT molecular complexity index is 121. The van der Waals surface area contributed by atoms with Gasteiger partial charge in [0, 0.05) is 6.42 Å². The van der Waals surface area contributed by atoms with Gasteiger partial charge in [-0.3, -0.25) is 0 Å². The molecule has 0 aromatic carbocycles. The van der Waals surface area contributed by atoms with Gasteiger partial charge in [0.15, 0.2) is 0 Å². The van der Waals surface area contributed by atoms with Gasteiger partial charge in [0.2, 0.25) is 0 Å². The molecule has 3 N–H and O–H groups in total. The van der Waals surface area contributed by atoms with Gasteiger partial charge in [-0.15, -0.1) is 6.58 Å². The van der Waals surface area contributed by atoms with Crippen molar-refractivity contribution < 1.29 is 15.3 Å². The minimum atomic E-state index is -0.954. The lowest BCUT2D eigenvalue weighted by Gasteiger charge is -2.23. The van der Waals surface area contributed by atoms with Crippen LogP contribution < -0.4 is 0 Å². The van der Waals surface area contributed by atoms with Crippen molar-refractivity contribution in [1.82, 2.24) is 0 Å². The molecular formula is C8H16O3. The van der Waals surface area contributed by atoms with Crippen LogP contribution >= 0.6 is 0 Å². The van der Waals surface area contributed by atoms with E-state index in [2.05, 4.69) is 6.58 Å². The zero-order chi connectivity index (χ0) is 8.91. The maximum Gasteiger partial charge on any atom is 0.0798 e. The number of hydrogen-bond donors (Lipinski definition) is 3. The summed E-state index contributed by atoms with van der Waals surface area (Å²) in [5.41, 5.74) is -0.954. The summed E-state index contributed by atoms with van der Waals surface area (Å²) >= 11 is 0. The molecule has 0 bridgehead atoms. The maximum atomic E-state index is 9.47. The Kier molecular flexibility index (Phi) is 4.33. The van der Waals surface area contributed by atoms with Crippen molar-refractivity contribution in [3.8, 4) is 0 Å². The van der Waals surface area contributed by atoms with E-state index in [0.29, 0.717) is 6.42 Å². The summed E-state index contributed by atoms with van der Waals surface area (Å²) < 4.78 is 0. The summed E-state index contributed by atoms with van der Waals surface area (Å²) in [7, 11) is 0. The largest absolute Gasteiger partial charge is 0.394 e. The number of aliphatic hydroxyl groups is 3. The number of aliphatic hydroxyl groups excluding tert-OH is 2. The fourth-order valence-electron chi connectivity index (χ4n) is 0.966. The van der Waals surface area contributed by atoms with Crippen LogP contribution in [0.15, 0.2) is 12.7 Å². The molecule has 0 aromatic rings. The first-order valence-electron chi connectivity index (χ1n) is 3.64. The molecule has 0 heterocycles. The quantitative estimate of drug-likeness (QED) is 0.498. The van der Waals surface area contributed by atoms with Crippen molar-refractivity contribution in [3.05, 3.63) is 12.7 Å². The average Bonchev–Trinajstić information content (AvgIpc) is 1.86. The second kappa shape index (κ2) is 4.49. The van der Waals surface area contributed by atoms with Gasteiger partial charge in [-0.1, -0.05) is 6.08 Å². The predicted molar refractivity (Wildman–Crippen MR) is 43.1 cm³/mol. The highest BCUT2D eigenvalue weighted by Crippen LogP contribution is 2.16. The third-order valence-electron chi connectivity index (χ3n) is 1.47. The summed E-state index contributed by atoms with van der Waals surface area (Å²) in [6.07, 6.45) is 1.34. The summed E-state index contributed by atoms with van der Waals surface area (Å²) in [4.78, 5) is 0. The van der Waals surface area contributed by atoms with Crippen LogP contribution in [0.4, 0.5) is 0 Å². The second-order valence-corrected chi connectivity index (χ2v) is 3.03. The Balaban J connectivity index is 3.79. The van der Waals surface area contributed by atoms with E-state index in [4.69, 9.17) is 10.2 Å². The molecule has 11 heavy (non-hydrogen) atoms. The molecule has 0 aliphatic rings. The normalized spacial score (nSPS) is 18.9.